The van der Waals surface area contributed by atoms with Crippen LogP contribution in [-0.2, 0) is 18.6 Å². The average Bonchev–Trinajstić information content (AvgIpc) is 3.07. The minimum absolute atomic E-state index is 0.103. The largest absolute Gasteiger partial charge is 0.481 e. The second kappa shape index (κ2) is 8.11. The van der Waals surface area contributed by atoms with Crippen molar-refractivity contribution in [2.24, 2.45) is 0 Å². The molecular weight excluding hydrogens is 360 g/mol. The fourth-order valence-corrected chi connectivity index (χ4v) is 2.97. The first-order valence-corrected chi connectivity index (χ1v) is 9.30. The highest BCUT2D eigenvalue weighted by Gasteiger charge is 2.20. The van der Waals surface area contributed by atoms with E-state index in [1.54, 1.807) is 7.11 Å². The zero-order chi connectivity index (χ0) is 19.4. The van der Waals surface area contributed by atoms with E-state index in [0.717, 1.165) is 22.4 Å². The van der Waals surface area contributed by atoms with Crippen LogP contribution in [0.4, 0.5) is 0 Å². The molecule has 0 saturated carbocycles. The summed E-state index contributed by atoms with van der Waals surface area (Å²) in [6.07, 6.45) is 3.91. The molecule has 0 aliphatic rings. The van der Waals surface area contributed by atoms with Crippen molar-refractivity contribution in [3.8, 4) is 17.1 Å². The highest BCUT2D eigenvalue weighted by Crippen LogP contribution is 2.30. The maximum atomic E-state index is 6.42. The lowest BCUT2D eigenvalue weighted by molar-refractivity contribution is 0.356. The van der Waals surface area contributed by atoms with Gasteiger partial charge in [0.2, 0.25) is 5.88 Å². The summed E-state index contributed by atoms with van der Waals surface area (Å²) in [6.45, 7) is 7.80. The van der Waals surface area contributed by atoms with E-state index < -0.39 is 0 Å². The number of benzene rings is 1. The van der Waals surface area contributed by atoms with E-state index in [4.69, 9.17) is 21.4 Å². The minimum atomic E-state index is -0.103. The summed E-state index contributed by atoms with van der Waals surface area (Å²) >= 11 is 6.42. The number of aromatic nitrogens is 3. The lowest BCUT2D eigenvalue weighted by atomic mass is 10.1. The summed E-state index contributed by atoms with van der Waals surface area (Å²) in [4.78, 5) is 4.24. The van der Waals surface area contributed by atoms with E-state index in [1.807, 2.05) is 47.3 Å². The van der Waals surface area contributed by atoms with Gasteiger partial charge < -0.3 is 10.1 Å². The summed E-state index contributed by atoms with van der Waals surface area (Å²) in [5.41, 5.74) is 3.97. The molecule has 6 heteroatoms. The highest BCUT2D eigenvalue weighted by atomic mass is 35.5. The fraction of sp³-hybridized carbons (Fsp3) is 0.333. The van der Waals surface area contributed by atoms with Crippen LogP contribution < -0.4 is 10.1 Å². The van der Waals surface area contributed by atoms with Gasteiger partial charge in [-0.25, -0.2) is 4.98 Å². The van der Waals surface area contributed by atoms with Crippen LogP contribution in [0.15, 0.2) is 48.8 Å². The third-order valence-electron chi connectivity index (χ3n) is 4.26. The van der Waals surface area contributed by atoms with Gasteiger partial charge in [0.05, 0.1) is 23.4 Å². The molecule has 3 rings (SSSR count). The van der Waals surface area contributed by atoms with E-state index in [-0.39, 0.29) is 5.54 Å². The maximum absolute atomic E-state index is 6.42. The number of rotatable bonds is 6. The van der Waals surface area contributed by atoms with Crippen LogP contribution in [0, 0.1) is 0 Å². The number of methoxy groups -OCH3 is 1. The van der Waals surface area contributed by atoms with Gasteiger partial charge in [0, 0.05) is 42.7 Å². The molecule has 2 aromatic heterocycles. The molecule has 1 N–H and O–H groups in total. The minimum Gasteiger partial charge on any atom is -0.481 e. The molecule has 3 aromatic rings. The van der Waals surface area contributed by atoms with Gasteiger partial charge >= 0.3 is 0 Å². The van der Waals surface area contributed by atoms with Crippen LogP contribution >= 0.6 is 11.6 Å². The highest BCUT2D eigenvalue weighted by molar-refractivity contribution is 6.33. The van der Waals surface area contributed by atoms with Gasteiger partial charge in [-0.05, 0) is 32.4 Å². The van der Waals surface area contributed by atoms with Gasteiger partial charge in [-0.1, -0.05) is 35.9 Å². The Morgan fingerprint density at radius 1 is 1.11 bits per heavy atom. The summed E-state index contributed by atoms with van der Waals surface area (Å²) in [7, 11) is 1.61. The summed E-state index contributed by atoms with van der Waals surface area (Å²) in [6, 6.07) is 11.7. The third-order valence-corrected chi connectivity index (χ3v) is 4.59. The Kier molecular flexibility index (Phi) is 5.82. The van der Waals surface area contributed by atoms with Crippen LogP contribution in [0.5, 0.6) is 5.88 Å². The summed E-state index contributed by atoms with van der Waals surface area (Å²) in [5, 5.41) is 9.00. The quantitative estimate of drug-likeness (QED) is 0.672. The zero-order valence-electron chi connectivity index (χ0n) is 16.2. The van der Waals surface area contributed by atoms with Crippen molar-refractivity contribution in [3.63, 3.8) is 0 Å². The molecular formula is C21H25ClN4O. The van der Waals surface area contributed by atoms with Gasteiger partial charge in [-0.3, -0.25) is 4.68 Å². The molecule has 0 atom stereocenters. The number of hydrogen-bond donors (Lipinski definition) is 1. The van der Waals surface area contributed by atoms with Crippen molar-refractivity contribution in [2.45, 2.75) is 39.4 Å². The molecule has 0 spiro atoms. The van der Waals surface area contributed by atoms with Crippen LogP contribution in [0.2, 0.25) is 5.02 Å². The van der Waals surface area contributed by atoms with Crippen LogP contribution in [0.1, 0.15) is 31.9 Å². The number of ether oxygens (including phenoxy) is 1. The van der Waals surface area contributed by atoms with Crippen molar-refractivity contribution in [1.29, 1.82) is 0 Å². The molecule has 0 bridgehead atoms. The molecule has 1 aromatic carbocycles. The van der Waals surface area contributed by atoms with Gasteiger partial charge in [-0.15, -0.1) is 0 Å². The molecule has 0 fully saturated rings. The Hall–Kier alpha value is -2.37. The second-order valence-corrected chi connectivity index (χ2v) is 7.82. The lowest BCUT2D eigenvalue weighted by Crippen LogP contribution is -2.22. The number of hydrogen-bond acceptors (Lipinski definition) is 4. The van der Waals surface area contributed by atoms with Crippen molar-refractivity contribution in [1.82, 2.24) is 20.1 Å². The standard InChI is InChI=1S/C21H25ClN4O/c1-21(2,3)26-14-16(20(25-26)17-7-5-6-8-18(17)22)13-23-11-15-9-10-19(27-4)24-12-15/h5-10,12,14,23H,11,13H2,1-4H3. The first-order valence-electron chi connectivity index (χ1n) is 8.92. The maximum Gasteiger partial charge on any atom is 0.212 e. The molecule has 0 saturated heterocycles. The van der Waals surface area contributed by atoms with Crippen LogP contribution in [0.3, 0.4) is 0 Å². The number of nitrogens with one attached hydrogen (secondary N) is 1. The van der Waals surface area contributed by atoms with Crippen molar-refractivity contribution < 1.29 is 4.74 Å². The molecule has 0 aliphatic carbocycles. The van der Waals surface area contributed by atoms with Crippen molar-refractivity contribution in [3.05, 3.63) is 64.9 Å². The van der Waals surface area contributed by atoms with E-state index in [2.05, 4.69) is 37.3 Å². The lowest BCUT2D eigenvalue weighted by Gasteiger charge is -2.18. The summed E-state index contributed by atoms with van der Waals surface area (Å²) < 4.78 is 7.10. The molecule has 0 unspecified atom stereocenters. The third kappa shape index (κ3) is 4.67. The van der Waals surface area contributed by atoms with E-state index >= 15 is 0 Å². The molecule has 27 heavy (non-hydrogen) atoms. The number of nitrogens with zero attached hydrogens (tertiary/aromatic N) is 3. The van der Waals surface area contributed by atoms with E-state index in [0.29, 0.717) is 24.0 Å². The van der Waals surface area contributed by atoms with Gasteiger partial charge in [0.1, 0.15) is 0 Å². The molecule has 142 valence electrons. The SMILES string of the molecule is COc1ccc(CNCc2cn(C(C)(C)C)nc2-c2ccccc2Cl)cn1. The Bertz CT molecular complexity index is 897. The molecule has 5 nitrogen and oxygen atoms in total. The normalized spacial score (nSPS) is 11.6. The number of pyridine rings is 1. The number of halogens is 1. The fourth-order valence-electron chi connectivity index (χ4n) is 2.74. The van der Waals surface area contributed by atoms with E-state index in [9.17, 15) is 0 Å². The van der Waals surface area contributed by atoms with Crippen molar-refractivity contribution in [2.75, 3.05) is 7.11 Å². The van der Waals surface area contributed by atoms with Gasteiger partial charge in [0.15, 0.2) is 0 Å². The average molecular weight is 385 g/mol. The van der Waals surface area contributed by atoms with Gasteiger partial charge in [-0.2, -0.15) is 5.10 Å². The Labute approximate surface area is 165 Å². The molecule has 0 radical (unpaired) electrons. The zero-order valence-corrected chi connectivity index (χ0v) is 16.9. The Morgan fingerprint density at radius 2 is 1.89 bits per heavy atom. The molecule has 0 aliphatic heterocycles. The first kappa shape index (κ1) is 19.4. The Morgan fingerprint density at radius 3 is 2.52 bits per heavy atom. The Balaban J connectivity index is 1.81. The predicted octanol–water partition coefficient (Wildman–Crippen LogP) is 4.65. The first-order chi connectivity index (χ1) is 12.9. The van der Waals surface area contributed by atoms with Crippen LogP contribution in [0.25, 0.3) is 11.3 Å². The smallest absolute Gasteiger partial charge is 0.212 e. The monoisotopic (exact) mass is 384 g/mol. The molecule has 0 amide bonds. The predicted molar refractivity (Wildman–Crippen MR) is 109 cm³/mol. The molecule has 2 heterocycles. The summed E-state index contributed by atoms with van der Waals surface area (Å²) in [5.74, 6) is 0.617. The van der Waals surface area contributed by atoms with Gasteiger partial charge in [0.25, 0.3) is 0 Å². The van der Waals surface area contributed by atoms with E-state index in [1.165, 1.54) is 0 Å². The van der Waals surface area contributed by atoms with Crippen molar-refractivity contribution >= 4 is 11.6 Å². The van der Waals surface area contributed by atoms with Crippen LogP contribution in [-0.4, -0.2) is 21.9 Å². The second-order valence-electron chi connectivity index (χ2n) is 7.41. The topological polar surface area (TPSA) is 52.0 Å².